The molecule has 1 aromatic heterocycles. The second-order valence-electron chi connectivity index (χ2n) is 8.45. The quantitative estimate of drug-likeness (QED) is 0.385. The van der Waals surface area contributed by atoms with Crippen LogP contribution >= 0.6 is 0 Å². The van der Waals surface area contributed by atoms with Gasteiger partial charge in [0.1, 0.15) is 5.75 Å². The van der Waals surface area contributed by atoms with Gasteiger partial charge in [0.25, 0.3) is 0 Å². The van der Waals surface area contributed by atoms with Crippen molar-refractivity contribution >= 4 is 5.96 Å². The molecule has 0 atom stereocenters. The molecular formula is C24H37N5O2. The molecule has 0 spiro atoms. The molecule has 170 valence electrons. The maximum absolute atomic E-state index is 5.72. The zero-order valence-electron chi connectivity index (χ0n) is 19.6. The van der Waals surface area contributed by atoms with E-state index in [0.717, 1.165) is 69.5 Å². The number of nitrogens with zero attached hydrogens (tertiary/aromatic N) is 3. The van der Waals surface area contributed by atoms with Crippen LogP contribution in [0.5, 0.6) is 5.75 Å². The van der Waals surface area contributed by atoms with Crippen molar-refractivity contribution in [1.29, 1.82) is 0 Å². The van der Waals surface area contributed by atoms with E-state index in [-0.39, 0.29) is 5.41 Å². The highest BCUT2D eigenvalue weighted by atomic mass is 16.5. The van der Waals surface area contributed by atoms with Crippen LogP contribution < -0.4 is 15.4 Å². The Kier molecular flexibility index (Phi) is 7.96. The van der Waals surface area contributed by atoms with Gasteiger partial charge in [-0.15, -0.1) is 0 Å². The van der Waals surface area contributed by atoms with E-state index in [9.17, 15) is 0 Å². The summed E-state index contributed by atoms with van der Waals surface area (Å²) in [6, 6.07) is 8.55. The third-order valence-corrected chi connectivity index (χ3v) is 6.14. The number of ether oxygens (including phenoxy) is 2. The van der Waals surface area contributed by atoms with Crippen LogP contribution in [0.15, 0.2) is 29.3 Å². The maximum Gasteiger partial charge on any atom is 0.191 e. The first-order valence-corrected chi connectivity index (χ1v) is 11.2. The molecule has 1 fully saturated rings. The van der Waals surface area contributed by atoms with Gasteiger partial charge in [0.2, 0.25) is 0 Å². The van der Waals surface area contributed by atoms with Crippen LogP contribution in [0.4, 0.5) is 0 Å². The predicted molar refractivity (Wildman–Crippen MR) is 125 cm³/mol. The van der Waals surface area contributed by atoms with Crippen LogP contribution in [0.1, 0.15) is 41.8 Å². The van der Waals surface area contributed by atoms with Gasteiger partial charge in [-0.3, -0.25) is 9.67 Å². The number of methoxy groups -OCH3 is 1. The van der Waals surface area contributed by atoms with Gasteiger partial charge in [0.15, 0.2) is 5.96 Å². The smallest absolute Gasteiger partial charge is 0.191 e. The highest BCUT2D eigenvalue weighted by Gasteiger charge is 2.37. The van der Waals surface area contributed by atoms with Crippen LogP contribution in [0, 0.1) is 20.8 Å². The summed E-state index contributed by atoms with van der Waals surface area (Å²) >= 11 is 0. The fourth-order valence-electron chi connectivity index (χ4n) is 4.35. The van der Waals surface area contributed by atoms with E-state index in [1.54, 1.807) is 7.11 Å². The lowest BCUT2D eigenvalue weighted by Gasteiger charge is -2.39. The number of aliphatic imine (C=N–C) groups is 1. The van der Waals surface area contributed by atoms with Gasteiger partial charge >= 0.3 is 0 Å². The molecule has 2 N–H and O–H groups in total. The minimum atomic E-state index is -0.0447. The number of guanidine groups is 1. The summed E-state index contributed by atoms with van der Waals surface area (Å²) in [6.45, 7) is 10.3. The second kappa shape index (κ2) is 10.7. The molecule has 0 amide bonds. The molecule has 7 nitrogen and oxygen atoms in total. The van der Waals surface area contributed by atoms with Crippen molar-refractivity contribution in [2.24, 2.45) is 4.99 Å². The molecule has 0 unspecified atom stereocenters. The van der Waals surface area contributed by atoms with Gasteiger partial charge in [-0.25, -0.2) is 0 Å². The number of hydrogen-bond donors (Lipinski definition) is 2. The number of hydrogen-bond acceptors (Lipinski definition) is 4. The fraction of sp³-hybridized carbons (Fsp3) is 0.583. The first-order valence-electron chi connectivity index (χ1n) is 11.2. The average molecular weight is 428 g/mol. The van der Waals surface area contributed by atoms with Crippen molar-refractivity contribution in [3.63, 3.8) is 0 Å². The fourth-order valence-corrected chi connectivity index (χ4v) is 4.35. The largest absolute Gasteiger partial charge is 0.496 e. The van der Waals surface area contributed by atoms with Crippen molar-refractivity contribution in [2.45, 2.75) is 52.0 Å². The molecule has 0 bridgehead atoms. The second-order valence-corrected chi connectivity index (χ2v) is 8.45. The number of rotatable bonds is 8. The lowest BCUT2D eigenvalue weighted by Crippen LogP contribution is -2.48. The Morgan fingerprint density at radius 3 is 2.61 bits per heavy atom. The molecule has 0 radical (unpaired) electrons. The van der Waals surface area contributed by atoms with E-state index < -0.39 is 0 Å². The minimum absolute atomic E-state index is 0.0447. The normalized spacial score (nSPS) is 16.2. The number of aromatic nitrogens is 2. The lowest BCUT2D eigenvalue weighted by atomic mass is 9.73. The zero-order chi connectivity index (χ0) is 22.3. The van der Waals surface area contributed by atoms with Crippen LogP contribution in [0.25, 0.3) is 0 Å². The summed E-state index contributed by atoms with van der Waals surface area (Å²) < 4.78 is 13.5. The molecule has 0 saturated carbocycles. The van der Waals surface area contributed by atoms with Crippen LogP contribution in [-0.2, 0) is 16.7 Å². The molecule has 0 aliphatic carbocycles. The Balaban J connectivity index is 1.61. The van der Waals surface area contributed by atoms with E-state index in [1.807, 2.05) is 14.0 Å². The molecule has 1 aliphatic rings. The van der Waals surface area contributed by atoms with E-state index >= 15 is 0 Å². The molecule has 31 heavy (non-hydrogen) atoms. The first-order chi connectivity index (χ1) is 15.0. The average Bonchev–Trinajstić information content (AvgIpc) is 3.10. The minimum Gasteiger partial charge on any atom is -0.496 e. The third-order valence-electron chi connectivity index (χ3n) is 6.14. The topological polar surface area (TPSA) is 72.7 Å². The van der Waals surface area contributed by atoms with Crippen LogP contribution in [-0.4, -0.2) is 56.2 Å². The summed E-state index contributed by atoms with van der Waals surface area (Å²) in [6.07, 6.45) is 2.89. The Labute approximate surface area is 186 Å². The van der Waals surface area contributed by atoms with Crippen LogP contribution in [0.3, 0.4) is 0 Å². The SMILES string of the molecule is CN=C(NCCCn1nc(C)cc1C)NCC1(c2cc(C)ccc2OC)CCOCC1. The Morgan fingerprint density at radius 2 is 1.97 bits per heavy atom. The van der Waals surface area contributed by atoms with Gasteiger partial charge < -0.3 is 20.1 Å². The Morgan fingerprint density at radius 1 is 1.19 bits per heavy atom. The van der Waals surface area contributed by atoms with Crippen molar-refractivity contribution in [3.05, 3.63) is 46.8 Å². The lowest BCUT2D eigenvalue weighted by molar-refractivity contribution is 0.0505. The Bertz CT molecular complexity index is 884. The summed E-state index contributed by atoms with van der Waals surface area (Å²) in [5.74, 6) is 1.77. The van der Waals surface area contributed by atoms with Gasteiger partial charge in [-0.2, -0.15) is 5.10 Å². The van der Waals surface area contributed by atoms with Gasteiger partial charge in [-0.1, -0.05) is 17.7 Å². The summed E-state index contributed by atoms with van der Waals surface area (Å²) in [4.78, 5) is 4.43. The summed E-state index contributed by atoms with van der Waals surface area (Å²) in [7, 11) is 3.57. The molecule has 1 saturated heterocycles. The number of nitrogens with one attached hydrogen (secondary N) is 2. The molecule has 3 rings (SSSR count). The molecular weight excluding hydrogens is 390 g/mol. The van der Waals surface area contributed by atoms with Gasteiger partial charge in [-0.05, 0) is 52.2 Å². The number of aryl methyl sites for hydroxylation is 4. The third kappa shape index (κ3) is 5.79. The Hall–Kier alpha value is -2.54. The zero-order valence-corrected chi connectivity index (χ0v) is 19.6. The van der Waals surface area contributed by atoms with Gasteiger partial charge in [0, 0.05) is 56.6 Å². The standard InChI is InChI=1S/C24H37N5O2/c1-18-7-8-22(30-5)21(15-18)24(9-13-31-14-10-24)17-27-23(25-4)26-11-6-12-29-20(3)16-19(2)28-29/h7-8,15-16H,6,9-14,17H2,1-5H3,(H2,25,26,27). The summed E-state index contributed by atoms with van der Waals surface area (Å²) in [5.41, 5.74) is 4.72. The molecule has 1 aliphatic heterocycles. The highest BCUT2D eigenvalue weighted by Crippen LogP contribution is 2.40. The van der Waals surface area contributed by atoms with Crippen molar-refractivity contribution < 1.29 is 9.47 Å². The monoisotopic (exact) mass is 427 g/mol. The van der Waals surface area contributed by atoms with Crippen molar-refractivity contribution in [1.82, 2.24) is 20.4 Å². The molecule has 2 aromatic rings. The summed E-state index contributed by atoms with van der Waals surface area (Å²) in [5, 5.41) is 11.5. The molecule has 1 aromatic carbocycles. The van der Waals surface area contributed by atoms with Gasteiger partial charge in [0.05, 0.1) is 12.8 Å². The number of benzene rings is 1. The van der Waals surface area contributed by atoms with E-state index in [1.165, 1.54) is 16.8 Å². The molecule has 7 heteroatoms. The predicted octanol–water partition coefficient (Wildman–Crippen LogP) is 3.12. The molecule has 2 heterocycles. The van der Waals surface area contributed by atoms with E-state index in [0.29, 0.717) is 0 Å². The van der Waals surface area contributed by atoms with Crippen molar-refractivity contribution in [2.75, 3.05) is 40.5 Å². The van der Waals surface area contributed by atoms with Crippen LogP contribution in [0.2, 0.25) is 0 Å². The van der Waals surface area contributed by atoms with E-state index in [2.05, 4.69) is 63.5 Å². The highest BCUT2D eigenvalue weighted by molar-refractivity contribution is 5.79. The first kappa shape index (κ1) is 23.1. The van der Waals surface area contributed by atoms with E-state index in [4.69, 9.17) is 9.47 Å². The van der Waals surface area contributed by atoms with Crippen molar-refractivity contribution in [3.8, 4) is 5.75 Å². The maximum atomic E-state index is 5.72.